The molecule has 1 saturated carbocycles. The van der Waals surface area contributed by atoms with Crippen LogP contribution in [0.4, 0.5) is 0 Å². The van der Waals surface area contributed by atoms with Crippen molar-refractivity contribution in [2.45, 2.75) is 37.0 Å². The Morgan fingerprint density at radius 3 is 2.62 bits per heavy atom. The van der Waals surface area contributed by atoms with E-state index >= 15 is 0 Å². The van der Waals surface area contributed by atoms with Gasteiger partial charge in [-0.05, 0) is 18.9 Å². The zero-order chi connectivity index (χ0) is 11.4. The highest BCUT2D eigenvalue weighted by atomic mass is 79.9. The average Bonchev–Trinajstić information content (AvgIpc) is 2.32. The van der Waals surface area contributed by atoms with Gasteiger partial charge in [0.2, 0.25) is 0 Å². The molecule has 0 N–H and O–H groups in total. The predicted octanol–water partition coefficient (Wildman–Crippen LogP) is 3.14. The van der Waals surface area contributed by atoms with Crippen LogP contribution in [-0.4, -0.2) is 23.6 Å². The minimum Gasteiger partial charge on any atom is -0.375 e. The Kier molecular flexibility index (Phi) is 4.38. The average molecular weight is 285 g/mol. The minimum atomic E-state index is 0.216. The first-order valence-corrected chi connectivity index (χ1v) is 6.64. The van der Waals surface area contributed by atoms with Crippen LogP contribution in [0, 0.1) is 0 Å². The fraction of sp³-hybridized carbons (Fsp3) is 0.538. The van der Waals surface area contributed by atoms with Crippen LogP contribution in [0.3, 0.4) is 0 Å². The summed E-state index contributed by atoms with van der Waals surface area (Å²) in [7, 11) is 0. The normalized spacial score (nSPS) is 28.8. The maximum absolute atomic E-state index is 5.84. The van der Waals surface area contributed by atoms with Gasteiger partial charge in [-0.1, -0.05) is 46.3 Å². The topological polar surface area (TPSA) is 18.5 Å². The van der Waals surface area contributed by atoms with Gasteiger partial charge in [0.15, 0.2) is 0 Å². The Labute approximate surface area is 105 Å². The molecule has 0 bridgehead atoms. The lowest BCUT2D eigenvalue weighted by molar-refractivity contribution is -0.124. The fourth-order valence-electron chi connectivity index (χ4n) is 1.87. The summed E-state index contributed by atoms with van der Waals surface area (Å²) in [5, 5.41) is 0. The largest absolute Gasteiger partial charge is 0.375 e. The number of hydrogen-bond donors (Lipinski definition) is 0. The van der Waals surface area contributed by atoms with Crippen molar-refractivity contribution in [3.63, 3.8) is 0 Å². The summed E-state index contributed by atoms with van der Waals surface area (Å²) in [6.07, 6.45) is 1.50. The van der Waals surface area contributed by atoms with E-state index in [9.17, 15) is 0 Å². The highest BCUT2D eigenvalue weighted by Gasteiger charge is 2.40. The van der Waals surface area contributed by atoms with Crippen molar-refractivity contribution in [1.29, 1.82) is 0 Å². The minimum absolute atomic E-state index is 0.216. The van der Waals surface area contributed by atoms with Gasteiger partial charge in [0, 0.05) is 11.4 Å². The number of rotatable bonds is 5. The van der Waals surface area contributed by atoms with Gasteiger partial charge in [0.1, 0.15) is 0 Å². The lowest BCUT2D eigenvalue weighted by Gasteiger charge is -2.40. The summed E-state index contributed by atoms with van der Waals surface area (Å²) < 4.78 is 11.5. The van der Waals surface area contributed by atoms with Crippen molar-refractivity contribution < 1.29 is 9.47 Å². The van der Waals surface area contributed by atoms with Crippen LogP contribution in [0.25, 0.3) is 0 Å². The van der Waals surface area contributed by atoms with E-state index in [0.29, 0.717) is 11.4 Å². The quantitative estimate of drug-likeness (QED) is 0.774. The molecule has 1 fully saturated rings. The number of halogens is 1. The summed E-state index contributed by atoms with van der Waals surface area (Å²) in [5.74, 6) is 0. The number of benzene rings is 1. The molecule has 88 valence electrons. The molecule has 3 atom stereocenters. The standard InChI is InChI=1S/C13H17BrO2/c1-2-15-13-11(14)8-12(13)16-9-10-6-4-3-5-7-10/h3-7,11-13H,2,8-9H2,1H3. The lowest BCUT2D eigenvalue weighted by Crippen LogP contribution is -2.50. The number of alkyl halides is 1. The molecule has 0 radical (unpaired) electrons. The molecule has 2 nitrogen and oxygen atoms in total. The van der Waals surface area contributed by atoms with Gasteiger partial charge in [0.25, 0.3) is 0 Å². The molecule has 0 aliphatic heterocycles. The maximum atomic E-state index is 5.84. The summed E-state index contributed by atoms with van der Waals surface area (Å²) in [4.78, 5) is 0.452. The first kappa shape index (κ1) is 12.1. The SMILES string of the molecule is CCOC1C(Br)CC1OCc1ccccc1. The zero-order valence-corrected chi connectivity index (χ0v) is 11.0. The summed E-state index contributed by atoms with van der Waals surface area (Å²) in [6, 6.07) is 10.3. The van der Waals surface area contributed by atoms with Gasteiger partial charge >= 0.3 is 0 Å². The van der Waals surface area contributed by atoms with E-state index in [1.807, 2.05) is 25.1 Å². The van der Waals surface area contributed by atoms with Crippen molar-refractivity contribution in [2.75, 3.05) is 6.61 Å². The molecule has 0 saturated heterocycles. The number of hydrogen-bond acceptors (Lipinski definition) is 2. The van der Waals surface area contributed by atoms with E-state index < -0.39 is 0 Å². The second kappa shape index (κ2) is 5.80. The van der Waals surface area contributed by atoms with Crippen LogP contribution < -0.4 is 0 Å². The molecular formula is C13H17BrO2. The molecule has 1 aliphatic carbocycles. The van der Waals surface area contributed by atoms with E-state index in [2.05, 4.69) is 28.1 Å². The van der Waals surface area contributed by atoms with Gasteiger partial charge in [-0.15, -0.1) is 0 Å². The van der Waals surface area contributed by atoms with Gasteiger partial charge < -0.3 is 9.47 Å². The zero-order valence-electron chi connectivity index (χ0n) is 9.43. The lowest BCUT2D eigenvalue weighted by atomic mass is 9.91. The van der Waals surface area contributed by atoms with Crippen molar-refractivity contribution in [1.82, 2.24) is 0 Å². The fourth-order valence-corrected chi connectivity index (χ4v) is 2.73. The first-order valence-electron chi connectivity index (χ1n) is 5.72. The van der Waals surface area contributed by atoms with Gasteiger partial charge in [-0.3, -0.25) is 0 Å². The Morgan fingerprint density at radius 1 is 1.25 bits per heavy atom. The van der Waals surface area contributed by atoms with Gasteiger partial charge in [-0.2, -0.15) is 0 Å². The molecule has 1 aromatic carbocycles. The molecule has 3 unspecified atom stereocenters. The molecular weight excluding hydrogens is 268 g/mol. The van der Waals surface area contributed by atoms with E-state index in [0.717, 1.165) is 13.0 Å². The van der Waals surface area contributed by atoms with Crippen molar-refractivity contribution in [3.8, 4) is 0 Å². The van der Waals surface area contributed by atoms with Gasteiger partial charge in [-0.25, -0.2) is 0 Å². The molecule has 0 heterocycles. The van der Waals surface area contributed by atoms with Gasteiger partial charge in [0.05, 0.1) is 18.8 Å². The summed E-state index contributed by atoms with van der Waals surface area (Å²) in [5.41, 5.74) is 1.22. The molecule has 3 heteroatoms. The second-order valence-electron chi connectivity index (χ2n) is 4.01. The third kappa shape index (κ3) is 2.84. The van der Waals surface area contributed by atoms with Crippen molar-refractivity contribution >= 4 is 15.9 Å². The predicted molar refractivity (Wildman–Crippen MR) is 67.8 cm³/mol. The molecule has 0 amide bonds. The van der Waals surface area contributed by atoms with Crippen LogP contribution in [-0.2, 0) is 16.1 Å². The molecule has 1 aliphatic rings. The Morgan fingerprint density at radius 2 is 2.00 bits per heavy atom. The molecule has 0 spiro atoms. The van der Waals surface area contributed by atoms with Crippen LogP contribution in [0.15, 0.2) is 30.3 Å². The van der Waals surface area contributed by atoms with E-state index in [1.54, 1.807) is 0 Å². The highest BCUT2D eigenvalue weighted by molar-refractivity contribution is 9.09. The van der Waals surface area contributed by atoms with Crippen LogP contribution in [0.2, 0.25) is 0 Å². The molecule has 0 aromatic heterocycles. The molecule has 2 rings (SSSR count). The first-order chi connectivity index (χ1) is 7.81. The highest BCUT2D eigenvalue weighted by Crippen LogP contribution is 2.33. The summed E-state index contributed by atoms with van der Waals surface area (Å²) in [6.45, 7) is 3.44. The Bertz CT molecular complexity index is 315. The van der Waals surface area contributed by atoms with E-state index in [1.165, 1.54) is 5.56 Å². The molecule has 1 aromatic rings. The number of ether oxygens (including phenoxy) is 2. The van der Waals surface area contributed by atoms with Crippen LogP contribution >= 0.6 is 15.9 Å². The Balaban J connectivity index is 1.78. The maximum Gasteiger partial charge on any atom is 0.0962 e. The smallest absolute Gasteiger partial charge is 0.0962 e. The third-order valence-corrected chi connectivity index (χ3v) is 3.74. The van der Waals surface area contributed by atoms with E-state index in [4.69, 9.17) is 9.47 Å². The second-order valence-corrected chi connectivity index (χ2v) is 5.18. The Hall–Kier alpha value is -0.380. The summed E-state index contributed by atoms with van der Waals surface area (Å²) >= 11 is 3.59. The van der Waals surface area contributed by atoms with Crippen molar-refractivity contribution in [3.05, 3.63) is 35.9 Å². The monoisotopic (exact) mass is 284 g/mol. The van der Waals surface area contributed by atoms with E-state index in [-0.39, 0.29) is 12.2 Å². The third-order valence-electron chi connectivity index (χ3n) is 2.85. The van der Waals surface area contributed by atoms with Crippen molar-refractivity contribution in [2.24, 2.45) is 0 Å². The van der Waals surface area contributed by atoms with Crippen LogP contribution in [0.5, 0.6) is 0 Å². The van der Waals surface area contributed by atoms with Crippen LogP contribution in [0.1, 0.15) is 18.9 Å². The molecule has 16 heavy (non-hydrogen) atoms.